The number of anilines is 1. The molecule has 3 aliphatic heterocycles. The van der Waals surface area contributed by atoms with Gasteiger partial charge in [-0.2, -0.15) is 0 Å². The molecule has 13 heteroatoms. The molecule has 2 fully saturated rings. The van der Waals surface area contributed by atoms with E-state index >= 15 is 0 Å². The Morgan fingerprint density at radius 2 is 1.79 bits per heavy atom. The number of nitrogens with zero attached hydrogens (tertiary/aromatic N) is 2. The van der Waals surface area contributed by atoms with Crippen LogP contribution in [-0.2, 0) is 28.6 Å². The number of benzene rings is 1. The summed E-state index contributed by atoms with van der Waals surface area (Å²) in [6.07, 6.45) is -1.32. The number of β-lactam (4-membered cyclic amide) rings is 1. The Morgan fingerprint density at radius 1 is 1.10 bits per heavy atom. The molecule has 3 heterocycles. The van der Waals surface area contributed by atoms with Gasteiger partial charge in [0.25, 0.3) is 0 Å². The number of hydrogen-bond donors (Lipinski definition) is 2. The number of nitrogens with one attached hydrogen (secondary N) is 1. The van der Waals surface area contributed by atoms with Crippen LogP contribution in [0.15, 0.2) is 34.9 Å². The zero-order valence-corrected chi connectivity index (χ0v) is 23.0. The highest BCUT2D eigenvalue weighted by atomic mass is 32.2. The zero-order chi connectivity index (χ0) is 28.6. The lowest BCUT2D eigenvalue weighted by Gasteiger charge is -2.46. The predicted octanol–water partition coefficient (Wildman–Crippen LogP) is 1.60. The third kappa shape index (κ3) is 5.08. The number of carbonyl (C=O) groups excluding carboxylic acids is 5. The van der Waals surface area contributed by atoms with Crippen LogP contribution in [-0.4, -0.2) is 96.1 Å². The number of aliphatic hydroxyl groups is 1. The maximum absolute atomic E-state index is 13.3. The first-order valence-corrected chi connectivity index (χ1v) is 13.3. The van der Waals surface area contributed by atoms with Crippen molar-refractivity contribution in [1.82, 2.24) is 9.80 Å². The number of rotatable bonds is 7. The van der Waals surface area contributed by atoms with Gasteiger partial charge in [0.05, 0.1) is 45.0 Å². The summed E-state index contributed by atoms with van der Waals surface area (Å²) in [5.41, 5.74) is 0.752. The standard InChI is InChI=1S/C26H31N3O9S/c1-12-19-18(13(2)30)23(32)29(19)20(25(34)37-4)21(12)39-16-10-17(28(11-16)26(35)38-5)22(31)27-15-8-6-7-14(9-15)24(33)36-3/h6-9,12-13,16-19,30H,10-11H2,1-5H3,(H,27,31). The molecule has 6 unspecified atom stereocenters. The number of aliphatic hydroxyl groups excluding tert-OH is 1. The summed E-state index contributed by atoms with van der Waals surface area (Å²) in [5, 5.41) is 12.6. The molecule has 6 atom stereocenters. The number of amides is 3. The quantitative estimate of drug-likeness (QED) is 0.285. The lowest BCUT2D eigenvalue weighted by atomic mass is 9.79. The average Bonchev–Trinajstić information content (AvgIpc) is 3.45. The van der Waals surface area contributed by atoms with Crippen molar-refractivity contribution in [3.05, 3.63) is 40.4 Å². The molecule has 1 aromatic rings. The number of ether oxygens (including phenoxy) is 3. The Bertz CT molecular complexity index is 1230. The van der Waals surface area contributed by atoms with Gasteiger partial charge in [0.2, 0.25) is 11.8 Å². The molecule has 12 nitrogen and oxygen atoms in total. The summed E-state index contributed by atoms with van der Waals surface area (Å²) < 4.78 is 14.6. The third-order valence-corrected chi connectivity index (χ3v) is 8.80. The molecule has 0 spiro atoms. The lowest BCUT2D eigenvalue weighted by Crippen LogP contribution is -2.63. The van der Waals surface area contributed by atoms with Crippen molar-refractivity contribution in [2.24, 2.45) is 11.8 Å². The fourth-order valence-corrected chi connectivity index (χ4v) is 6.98. The van der Waals surface area contributed by atoms with Crippen LogP contribution in [0.2, 0.25) is 0 Å². The van der Waals surface area contributed by atoms with Crippen LogP contribution < -0.4 is 5.32 Å². The second-order valence-electron chi connectivity index (χ2n) is 9.63. The first-order valence-electron chi connectivity index (χ1n) is 12.4. The van der Waals surface area contributed by atoms with E-state index in [1.807, 2.05) is 6.92 Å². The van der Waals surface area contributed by atoms with Crippen molar-refractivity contribution in [2.45, 2.75) is 43.7 Å². The molecule has 0 bridgehead atoms. The van der Waals surface area contributed by atoms with E-state index < -0.39 is 42.0 Å². The lowest BCUT2D eigenvalue weighted by molar-refractivity contribution is -0.163. The smallest absolute Gasteiger partial charge is 0.410 e. The highest BCUT2D eigenvalue weighted by molar-refractivity contribution is 8.03. The first kappa shape index (κ1) is 28.4. The summed E-state index contributed by atoms with van der Waals surface area (Å²) in [6.45, 7) is 3.58. The Labute approximate surface area is 229 Å². The van der Waals surface area contributed by atoms with E-state index in [0.717, 1.165) is 0 Å². The number of methoxy groups -OCH3 is 3. The summed E-state index contributed by atoms with van der Waals surface area (Å²) in [7, 11) is 3.71. The number of carbonyl (C=O) groups is 5. The van der Waals surface area contributed by atoms with Crippen molar-refractivity contribution in [1.29, 1.82) is 0 Å². The van der Waals surface area contributed by atoms with E-state index in [9.17, 15) is 29.1 Å². The second-order valence-corrected chi connectivity index (χ2v) is 11.0. The molecule has 4 rings (SSSR count). The van der Waals surface area contributed by atoms with Crippen LogP contribution in [0.1, 0.15) is 30.6 Å². The Kier molecular flexibility index (Phi) is 8.21. The normalized spacial score (nSPS) is 26.5. The van der Waals surface area contributed by atoms with E-state index in [-0.39, 0.29) is 47.3 Å². The summed E-state index contributed by atoms with van der Waals surface area (Å²) in [6, 6.07) is 4.96. The molecular weight excluding hydrogens is 530 g/mol. The van der Waals surface area contributed by atoms with Gasteiger partial charge in [-0.25, -0.2) is 14.4 Å². The molecule has 0 saturated carbocycles. The fraction of sp³-hybridized carbons (Fsp3) is 0.500. The zero-order valence-electron chi connectivity index (χ0n) is 22.2. The molecule has 3 amide bonds. The maximum Gasteiger partial charge on any atom is 0.410 e. The number of thioether (sulfide) groups is 1. The molecule has 39 heavy (non-hydrogen) atoms. The maximum atomic E-state index is 13.3. The molecule has 2 N–H and O–H groups in total. The minimum atomic E-state index is -0.889. The van der Waals surface area contributed by atoms with Crippen LogP contribution in [0.4, 0.5) is 10.5 Å². The van der Waals surface area contributed by atoms with Crippen LogP contribution in [0.5, 0.6) is 0 Å². The van der Waals surface area contributed by atoms with Gasteiger partial charge in [0.1, 0.15) is 11.7 Å². The van der Waals surface area contributed by atoms with E-state index in [2.05, 4.69) is 5.32 Å². The Balaban J connectivity index is 1.56. The van der Waals surface area contributed by atoms with Gasteiger partial charge in [0, 0.05) is 28.3 Å². The average molecular weight is 562 g/mol. The van der Waals surface area contributed by atoms with Gasteiger partial charge in [-0.05, 0) is 31.5 Å². The van der Waals surface area contributed by atoms with Crippen LogP contribution in [0.3, 0.4) is 0 Å². The number of hydrogen-bond acceptors (Lipinski definition) is 10. The molecule has 0 aromatic heterocycles. The molecule has 2 saturated heterocycles. The van der Waals surface area contributed by atoms with Crippen molar-refractivity contribution in [3.63, 3.8) is 0 Å². The van der Waals surface area contributed by atoms with Gasteiger partial charge in [0.15, 0.2) is 0 Å². The highest BCUT2D eigenvalue weighted by Gasteiger charge is 2.60. The van der Waals surface area contributed by atoms with Gasteiger partial charge < -0.3 is 29.5 Å². The highest BCUT2D eigenvalue weighted by Crippen LogP contribution is 2.52. The van der Waals surface area contributed by atoms with Gasteiger partial charge in [-0.3, -0.25) is 14.5 Å². The number of fused-ring (bicyclic) bond motifs is 1. The van der Waals surface area contributed by atoms with Crippen LogP contribution >= 0.6 is 11.8 Å². The molecular formula is C26H31N3O9S. The summed E-state index contributed by atoms with van der Waals surface area (Å²) >= 11 is 1.32. The third-order valence-electron chi connectivity index (χ3n) is 7.31. The molecule has 1 aromatic carbocycles. The van der Waals surface area contributed by atoms with Gasteiger partial charge in [-0.15, -0.1) is 11.8 Å². The van der Waals surface area contributed by atoms with Crippen LogP contribution in [0, 0.1) is 11.8 Å². The molecule has 3 aliphatic rings. The Hall–Kier alpha value is -3.58. The van der Waals surface area contributed by atoms with Crippen molar-refractivity contribution < 1.29 is 43.3 Å². The van der Waals surface area contributed by atoms with E-state index in [1.54, 1.807) is 25.1 Å². The summed E-state index contributed by atoms with van der Waals surface area (Å²) in [4.78, 5) is 66.6. The second kappa shape index (κ2) is 11.3. The van der Waals surface area contributed by atoms with Gasteiger partial charge in [-0.1, -0.05) is 13.0 Å². The SMILES string of the molecule is COC(=O)C1=C(SC2CC(C(=O)Nc3cccc(C(=O)OC)c3)N(C(=O)OC)C2)C(C)C2C(C(C)O)C(=O)N12. The van der Waals surface area contributed by atoms with Crippen molar-refractivity contribution in [3.8, 4) is 0 Å². The number of likely N-dealkylation sites (tertiary alicyclic amines) is 1. The van der Waals surface area contributed by atoms with E-state index in [0.29, 0.717) is 10.6 Å². The molecule has 210 valence electrons. The van der Waals surface area contributed by atoms with Gasteiger partial charge >= 0.3 is 18.0 Å². The first-order chi connectivity index (χ1) is 18.5. The summed E-state index contributed by atoms with van der Waals surface area (Å²) in [5.74, 6) is -2.92. The fourth-order valence-electron chi connectivity index (χ4n) is 5.46. The predicted molar refractivity (Wildman–Crippen MR) is 139 cm³/mol. The molecule has 0 radical (unpaired) electrons. The minimum absolute atomic E-state index is 0.138. The Morgan fingerprint density at radius 3 is 2.41 bits per heavy atom. The molecule has 0 aliphatic carbocycles. The largest absolute Gasteiger partial charge is 0.465 e. The van der Waals surface area contributed by atoms with Crippen molar-refractivity contribution in [2.75, 3.05) is 33.2 Å². The number of esters is 2. The van der Waals surface area contributed by atoms with E-state index in [1.165, 1.54) is 49.0 Å². The monoisotopic (exact) mass is 561 g/mol. The topological polar surface area (TPSA) is 152 Å². The van der Waals surface area contributed by atoms with Crippen molar-refractivity contribution >= 4 is 47.3 Å². The minimum Gasteiger partial charge on any atom is -0.465 e. The van der Waals surface area contributed by atoms with Crippen LogP contribution in [0.25, 0.3) is 0 Å². The van der Waals surface area contributed by atoms with E-state index in [4.69, 9.17) is 14.2 Å².